The van der Waals surface area contributed by atoms with E-state index in [4.69, 9.17) is 4.74 Å². The highest BCUT2D eigenvalue weighted by atomic mass is 32.1. The average Bonchev–Trinajstić information content (AvgIpc) is 2.83. The molecule has 1 aromatic heterocycles. The van der Waals surface area contributed by atoms with Gasteiger partial charge in [0.15, 0.2) is 0 Å². The summed E-state index contributed by atoms with van der Waals surface area (Å²) in [6.07, 6.45) is -0.476. The van der Waals surface area contributed by atoms with Crippen molar-refractivity contribution in [1.82, 2.24) is 9.88 Å². The maximum atomic E-state index is 11.2. The maximum Gasteiger partial charge on any atom is 0.410 e. The molecular weight excluding hydrogens is 244 g/mol. The number of thiazole rings is 1. The first-order valence-corrected chi connectivity index (χ1v) is 6.05. The fourth-order valence-electron chi connectivity index (χ4n) is 1.98. The zero-order valence-electron chi connectivity index (χ0n) is 9.53. The van der Waals surface area contributed by atoms with Crippen molar-refractivity contribution in [2.45, 2.75) is 31.7 Å². The molecule has 17 heavy (non-hydrogen) atoms. The standard InChI is InChI=1S/C10H14N2O4S/c1-10(2)12(9(14)15)6(5-16-10)7(13)8-11-3-4-17-8/h3-4,6-7,13H,5H2,1-2H3,(H,14,15)/t6-,7-/m0/s1. The zero-order chi connectivity index (χ0) is 12.6. The van der Waals surface area contributed by atoms with Crippen LogP contribution in [0.4, 0.5) is 4.79 Å². The van der Waals surface area contributed by atoms with Crippen LogP contribution in [-0.2, 0) is 4.74 Å². The fourth-order valence-corrected chi connectivity index (χ4v) is 2.66. The summed E-state index contributed by atoms with van der Waals surface area (Å²) in [5, 5.41) is 21.6. The lowest BCUT2D eigenvalue weighted by molar-refractivity contribution is -0.0466. The van der Waals surface area contributed by atoms with Crippen LogP contribution in [0.25, 0.3) is 0 Å². The van der Waals surface area contributed by atoms with E-state index in [-0.39, 0.29) is 6.61 Å². The zero-order valence-corrected chi connectivity index (χ0v) is 10.3. The molecule has 1 aliphatic heterocycles. The lowest BCUT2D eigenvalue weighted by Crippen LogP contribution is -2.49. The summed E-state index contributed by atoms with van der Waals surface area (Å²) >= 11 is 1.30. The van der Waals surface area contributed by atoms with E-state index in [0.717, 1.165) is 4.90 Å². The Morgan fingerprint density at radius 1 is 1.76 bits per heavy atom. The Kier molecular flexibility index (Phi) is 3.07. The number of aliphatic hydroxyl groups is 1. The van der Waals surface area contributed by atoms with Gasteiger partial charge in [-0.15, -0.1) is 11.3 Å². The number of carboxylic acid groups (broad SMARTS) is 1. The van der Waals surface area contributed by atoms with E-state index in [2.05, 4.69) is 4.98 Å². The summed E-state index contributed by atoms with van der Waals surface area (Å²) < 4.78 is 5.41. The maximum absolute atomic E-state index is 11.2. The van der Waals surface area contributed by atoms with E-state index in [1.54, 1.807) is 25.4 Å². The summed E-state index contributed by atoms with van der Waals surface area (Å²) in [5.41, 5.74) is -0.922. The molecule has 2 rings (SSSR count). The minimum Gasteiger partial charge on any atom is -0.465 e. The van der Waals surface area contributed by atoms with Crippen molar-refractivity contribution < 1.29 is 19.7 Å². The van der Waals surface area contributed by atoms with Crippen LogP contribution in [-0.4, -0.2) is 44.6 Å². The number of rotatable bonds is 2. The van der Waals surface area contributed by atoms with E-state index in [1.165, 1.54) is 11.3 Å². The average molecular weight is 258 g/mol. The van der Waals surface area contributed by atoms with Crippen LogP contribution in [0.2, 0.25) is 0 Å². The van der Waals surface area contributed by atoms with Gasteiger partial charge in [-0.1, -0.05) is 0 Å². The van der Waals surface area contributed by atoms with Gasteiger partial charge in [0.1, 0.15) is 16.8 Å². The molecule has 2 heterocycles. The van der Waals surface area contributed by atoms with Crippen molar-refractivity contribution in [3.8, 4) is 0 Å². The summed E-state index contributed by atoms with van der Waals surface area (Å²) in [6, 6.07) is -0.617. The van der Waals surface area contributed by atoms with Crippen LogP contribution in [0, 0.1) is 0 Å². The molecule has 6 nitrogen and oxygen atoms in total. The quantitative estimate of drug-likeness (QED) is 0.835. The first-order valence-electron chi connectivity index (χ1n) is 5.17. The highest BCUT2D eigenvalue weighted by Crippen LogP contribution is 2.34. The smallest absolute Gasteiger partial charge is 0.410 e. The lowest BCUT2D eigenvalue weighted by atomic mass is 10.1. The molecule has 0 radical (unpaired) electrons. The first kappa shape index (κ1) is 12.3. The summed E-state index contributed by atoms with van der Waals surface area (Å²) in [5.74, 6) is 0. The van der Waals surface area contributed by atoms with Crippen LogP contribution in [0.15, 0.2) is 11.6 Å². The van der Waals surface area contributed by atoms with Crippen molar-refractivity contribution in [1.29, 1.82) is 0 Å². The minimum absolute atomic E-state index is 0.167. The number of amides is 1. The number of hydrogen-bond acceptors (Lipinski definition) is 5. The molecule has 0 saturated carbocycles. The van der Waals surface area contributed by atoms with E-state index in [9.17, 15) is 15.0 Å². The highest BCUT2D eigenvalue weighted by molar-refractivity contribution is 7.09. The summed E-state index contributed by atoms with van der Waals surface area (Å²) in [7, 11) is 0. The number of nitrogens with zero attached hydrogens (tertiary/aromatic N) is 2. The number of hydrogen-bond donors (Lipinski definition) is 2. The van der Waals surface area contributed by atoms with Crippen LogP contribution < -0.4 is 0 Å². The van der Waals surface area contributed by atoms with Crippen molar-refractivity contribution in [3.05, 3.63) is 16.6 Å². The molecule has 94 valence electrons. The molecule has 1 saturated heterocycles. The van der Waals surface area contributed by atoms with Crippen LogP contribution in [0.5, 0.6) is 0 Å². The summed E-state index contributed by atoms with van der Waals surface area (Å²) in [4.78, 5) is 16.4. The van der Waals surface area contributed by atoms with E-state index in [0.29, 0.717) is 5.01 Å². The number of aromatic nitrogens is 1. The van der Waals surface area contributed by atoms with Crippen LogP contribution >= 0.6 is 11.3 Å². The second-order valence-electron chi connectivity index (χ2n) is 4.29. The van der Waals surface area contributed by atoms with E-state index < -0.39 is 24.0 Å². The highest BCUT2D eigenvalue weighted by Gasteiger charge is 2.47. The lowest BCUT2D eigenvalue weighted by Gasteiger charge is -2.32. The molecule has 0 aromatic carbocycles. The Labute approximate surface area is 102 Å². The number of ether oxygens (including phenoxy) is 1. The molecule has 1 aromatic rings. The number of carbonyl (C=O) groups is 1. The molecule has 2 N–H and O–H groups in total. The Balaban J connectivity index is 2.24. The second-order valence-corrected chi connectivity index (χ2v) is 5.22. The van der Waals surface area contributed by atoms with Gasteiger partial charge in [0.05, 0.1) is 12.6 Å². The summed E-state index contributed by atoms with van der Waals surface area (Å²) in [6.45, 7) is 3.49. The molecule has 0 spiro atoms. The molecule has 2 atom stereocenters. The van der Waals surface area contributed by atoms with Crippen molar-refractivity contribution >= 4 is 17.4 Å². The topological polar surface area (TPSA) is 82.9 Å². The molecule has 1 amide bonds. The van der Waals surface area contributed by atoms with Gasteiger partial charge in [-0.25, -0.2) is 9.78 Å². The third kappa shape index (κ3) is 2.13. The van der Waals surface area contributed by atoms with Gasteiger partial charge >= 0.3 is 6.09 Å². The van der Waals surface area contributed by atoms with Crippen LogP contribution in [0.3, 0.4) is 0 Å². The Morgan fingerprint density at radius 3 is 3.00 bits per heavy atom. The molecule has 0 unspecified atom stereocenters. The molecule has 0 aliphatic carbocycles. The second kappa shape index (κ2) is 4.25. The number of aliphatic hydroxyl groups excluding tert-OH is 1. The Bertz CT molecular complexity index is 406. The SMILES string of the molecule is CC1(C)OC[C@@H]([C@H](O)c2nccs2)N1C(=O)O. The molecule has 1 aliphatic rings. The predicted molar refractivity (Wildman–Crippen MR) is 60.8 cm³/mol. The normalized spacial score (nSPS) is 24.9. The molecule has 0 bridgehead atoms. The molecule has 7 heteroatoms. The predicted octanol–water partition coefficient (Wildman–Crippen LogP) is 1.29. The van der Waals surface area contributed by atoms with Gasteiger partial charge in [-0.3, -0.25) is 4.90 Å². The van der Waals surface area contributed by atoms with Gasteiger partial charge in [-0.2, -0.15) is 0 Å². The third-order valence-electron chi connectivity index (χ3n) is 2.79. The van der Waals surface area contributed by atoms with E-state index in [1.807, 2.05) is 0 Å². The van der Waals surface area contributed by atoms with Crippen molar-refractivity contribution in [3.63, 3.8) is 0 Å². The Hall–Kier alpha value is -1.18. The minimum atomic E-state index is -1.10. The molecule has 1 fully saturated rings. The van der Waals surface area contributed by atoms with Gasteiger partial charge in [0.2, 0.25) is 0 Å². The van der Waals surface area contributed by atoms with Gasteiger partial charge in [0, 0.05) is 11.6 Å². The van der Waals surface area contributed by atoms with E-state index >= 15 is 0 Å². The van der Waals surface area contributed by atoms with Crippen LogP contribution in [0.1, 0.15) is 25.0 Å². The monoisotopic (exact) mass is 258 g/mol. The third-order valence-corrected chi connectivity index (χ3v) is 3.64. The first-order chi connectivity index (χ1) is 7.93. The van der Waals surface area contributed by atoms with Gasteiger partial charge in [-0.05, 0) is 13.8 Å². The van der Waals surface area contributed by atoms with Gasteiger partial charge in [0.25, 0.3) is 0 Å². The molecular formula is C10H14N2O4S. The van der Waals surface area contributed by atoms with Gasteiger partial charge < -0.3 is 14.9 Å². The fraction of sp³-hybridized carbons (Fsp3) is 0.600. The Morgan fingerprint density at radius 2 is 2.47 bits per heavy atom. The largest absolute Gasteiger partial charge is 0.465 e. The van der Waals surface area contributed by atoms with Crippen molar-refractivity contribution in [2.24, 2.45) is 0 Å². The van der Waals surface area contributed by atoms with Crippen molar-refractivity contribution in [2.75, 3.05) is 6.61 Å².